The summed E-state index contributed by atoms with van der Waals surface area (Å²) in [6.07, 6.45) is 0. The lowest BCUT2D eigenvalue weighted by Gasteiger charge is -2.10. The van der Waals surface area contributed by atoms with Crippen LogP contribution in [0.15, 0.2) is 40.9 Å². The smallest absolute Gasteiger partial charge is 0.234 e. The van der Waals surface area contributed by atoms with Crippen LogP contribution < -0.4 is 9.47 Å². The standard InChI is InChI=1S/C13H12BrNO2/c1-9-7-8-10(14)13(15-9)17-12-6-4-3-5-11(12)16-2/h3-8H,1-2H3. The first kappa shape index (κ1) is 11.9. The van der Waals surface area contributed by atoms with Gasteiger partial charge in [0, 0.05) is 5.69 Å². The number of hydrogen-bond acceptors (Lipinski definition) is 3. The molecule has 88 valence electrons. The molecule has 0 spiro atoms. The molecule has 0 aliphatic rings. The van der Waals surface area contributed by atoms with Crippen molar-refractivity contribution >= 4 is 15.9 Å². The van der Waals surface area contributed by atoms with Gasteiger partial charge >= 0.3 is 0 Å². The molecule has 0 saturated heterocycles. The second kappa shape index (κ2) is 5.19. The van der Waals surface area contributed by atoms with E-state index >= 15 is 0 Å². The van der Waals surface area contributed by atoms with Crippen molar-refractivity contribution in [2.24, 2.45) is 0 Å². The van der Waals surface area contributed by atoms with Crippen LogP contribution in [0.5, 0.6) is 17.4 Å². The minimum atomic E-state index is 0.537. The van der Waals surface area contributed by atoms with Crippen LogP contribution in [0.1, 0.15) is 5.69 Å². The summed E-state index contributed by atoms with van der Waals surface area (Å²) < 4.78 is 11.8. The van der Waals surface area contributed by atoms with E-state index in [4.69, 9.17) is 9.47 Å². The Bertz CT molecular complexity index is 529. The Hall–Kier alpha value is -1.55. The van der Waals surface area contributed by atoms with E-state index < -0.39 is 0 Å². The number of ether oxygens (including phenoxy) is 2. The molecule has 2 rings (SSSR count). The molecule has 3 nitrogen and oxygen atoms in total. The highest BCUT2D eigenvalue weighted by atomic mass is 79.9. The van der Waals surface area contributed by atoms with Crippen molar-refractivity contribution in [2.45, 2.75) is 6.92 Å². The molecule has 0 aliphatic heterocycles. The fourth-order valence-electron chi connectivity index (χ4n) is 1.39. The van der Waals surface area contributed by atoms with Gasteiger partial charge in [-0.05, 0) is 47.1 Å². The average molecular weight is 294 g/mol. The molecular formula is C13H12BrNO2. The van der Waals surface area contributed by atoms with Gasteiger partial charge in [0.25, 0.3) is 0 Å². The van der Waals surface area contributed by atoms with Gasteiger partial charge in [-0.15, -0.1) is 0 Å². The third-order valence-electron chi connectivity index (χ3n) is 2.23. The van der Waals surface area contributed by atoms with Gasteiger partial charge in [-0.25, -0.2) is 4.98 Å². The maximum absolute atomic E-state index is 5.73. The minimum absolute atomic E-state index is 0.537. The highest BCUT2D eigenvalue weighted by Gasteiger charge is 2.08. The van der Waals surface area contributed by atoms with E-state index in [9.17, 15) is 0 Å². The highest BCUT2D eigenvalue weighted by molar-refractivity contribution is 9.10. The number of rotatable bonds is 3. The lowest BCUT2D eigenvalue weighted by atomic mass is 10.3. The summed E-state index contributed by atoms with van der Waals surface area (Å²) in [5.41, 5.74) is 0.901. The first-order chi connectivity index (χ1) is 8.20. The number of halogens is 1. The summed E-state index contributed by atoms with van der Waals surface area (Å²) in [4.78, 5) is 4.32. The molecule has 1 aromatic heterocycles. The molecule has 0 atom stereocenters. The van der Waals surface area contributed by atoms with Gasteiger partial charge in [-0.2, -0.15) is 0 Å². The summed E-state index contributed by atoms with van der Waals surface area (Å²) in [6, 6.07) is 11.3. The molecule has 0 fully saturated rings. The summed E-state index contributed by atoms with van der Waals surface area (Å²) in [5.74, 6) is 1.87. The minimum Gasteiger partial charge on any atom is -0.493 e. The average Bonchev–Trinajstić information content (AvgIpc) is 2.34. The number of nitrogens with zero attached hydrogens (tertiary/aromatic N) is 1. The van der Waals surface area contributed by atoms with Crippen molar-refractivity contribution in [1.29, 1.82) is 0 Å². The highest BCUT2D eigenvalue weighted by Crippen LogP contribution is 2.33. The van der Waals surface area contributed by atoms with Gasteiger partial charge in [-0.1, -0.05) is 12.1 Å². The van der Waals surface area contributed by atoms with Crippen molar-refractivity contribution in [3.8, 4) is 17.4 Å². The third-order valence-corrected chi connectivity index (χ3v) is 2.83. The quantitative estimate of drug-likeness (QED) is 0.858. The van der Waals surface area contributed by atoms with Crippen LogP contribution >= 0.6 is 15.9 Å². The van der Waals surface area contributed by atoms with Gasteiger partial charge in [0.05, 0.1) is 11.6 Å². The first-order valence-corrected chi connectivity index (χ1v) is 5.94. The van der Waals surface area contributed by atoms with Crippen molar-refractivity contribution in [1.82, 2.24) is 4.98 Å². The van der Waals surface area contributed by atoms with Gasteiger partial charge in [0.2, 0.25) is 5.88 Å². The van der Waals surface area contributed by atoms with E-state index in [-0.39, 0.29) is 0 Å². The number of hydrogen-bond donors (Lipinski definition) is 0. The molecule has 0 N–H and O–H groups in total. The van der Waals surface area contributed by atoms with Gasteiger partial charge in [0.1, 0.15) is 0 Å². The zero-order valence-corrected chi connectivity index (χ0v) is 11.2. The fourth-order valence-corrected chi connectivity index (χ4v) is 1.70. The fraction of sp³-hybridized carbons (Fsp3) is 0.154. The van der Waals surface area contributed by atoms with Gasteiger partial charge < -0.3 is 9.47 Å². The maximum Gasteiger partial charge on any atom is 0.234 e. The van der Waals surface area contributed by atoms with Crippen LogP contribution in [0.25, 0.3) is 0 Å². The van der Waals surface area contributed by atoms with E-state index in [1.165, 1.54) is 0 Å². The van der Waals surface area contributed by atoms with E-state index in [0.29, 0.717) is 17.4 Å². The van der Waals surface area contributed by atoms with Gasteiger partial charge in [0.15, 0.2) is 11.5 Å². The van der Waals surface area contributed by atoms with Crippen LogP contribution in [0.4, 0.5) is 0 Å². The van der Waals surface area contributed by atoms with Crippen molar-refractivity contribution in [3.63, 3.8) is 0 Å². The molecule has 0 bridgehead atoms. The van der Waals surface area contributed by atoms with E-state index in [0.717, 1.165) is 10.2 Å². The molecular weight excluding hydrogens is 282 g/mol. The molecule has 2 aromatic rings. The SMILES string of the molecule is COc1ccccc1Oc1nc(C)ccc1Br. The zero-order valence-electron chi connectivity index (χ0n) is 9.61. The molecule has 1 aromatic carbocycles. The molecule has 17 heavy (non-hydrogen) atoms. The van der Waals surface area contributed by atoms with E-state index in [1.807, 2.05) is 43.3 Å². The Kier molecular flexibility index (Phi) is 3.64. The molecule has 0 aliphatic carbocycles. The Labute approximate surface area is 109 Å². The number of pyridine rings is 1. The Balaban J connectivity index is 2.34. The molecule has 0 unspecified atom stereocenters. The second-order valence-corrected chi connectivity index (χ2v) is 4.35. The van der Waals surface area contributed by atoms with Crippen LogP contribution in [-0.4, -0.2) is 12.1 Å². The van der Waals surface area contributed by atoms with E-state index in [2.05, 4.69) is 20.9 Å². The number of para-hydroxylation sites is 2. The summed E-state index contributed by atoms with van der Waals surface area (Å²) in [5, 5.41) is 0. The topological polar surface area (TPSA) is 31.4 Å². The number of aryl methyl sites for hydroxylation is 1. The molecule has 0 saturated carbocycles. The molecule has 0 radical (unpaired) electrons. The largest absolute Gasteiger partial charge is 0.493 e. The Morgan fingerprint density at radius 2 is 1.76 bits per heavy atom. The summed E-state index contributed by atoms with van der Waals surface area (Å²) in [6.45, 7) is 1.92. The molecule has 1 heterocycles. The Morgan fingerprint density at radius 3 is 2.47 bits per heavy atom. The predicted molar refractivity (Wildman–Crippen MR) is 69.7 cm³/mol. The van der Waals surface area contributed by atoms with Crippen molar-refractivity contribution in [3.05, 3.63) is 46.6 Å². The van der Waals surface area contributed by atoms with Crippen molar-refractivity contribution < 1.29 is 9.47 Å². The Morgan fingerprint density at radius 1 is 1.06 bits per heavy atom. The van der Waals surface area contributed by atoms with Crippen LogP contribution in [0.2, 0.25) is 0 Å². The predicted octanol–water partition coefficient (Wildman–Crippen LogP) is 3.95. The van der Waals surface area contributed by atoms with E-state index in [1.54, 1.807) is 7.11 Å². The lowest BCUT2D eigenvalue weighted by molar-refractivity contribution is 0.373. The second-order valence-electron chi connectivity index (χ2n) is 3.49. The number of benzene rings is 1. The third kappa shape index (κ3) is 2.77. The number of methoxy groups -OCH3 is 1. The van der Waals surface area contributed by atoms with Crippen LogP contribution in [-0.2, 0) is 0 Å². The first-order valence-electron chi connectivity index (χ1n) is 5.14. The lowest BCUT2D eigenvalue weighted by Crippen LogP contribution is -1.93. The summed E-state index contributed by atoms with van der Waals surface area (Å²) in [7, 11) is 1.61. The molecule has 4 heteroatoms. The number of aromatic nitrogens is 1. The normalized spacial score (nSPS) is 10.1. The van der Waals surface area contributed by atoms with Crippen LogP contribution in [0, 0.1) is 6.92 Å². The zero-order chi connectivity index (χ0) is 12.3. The van der Waals surface area contributed by atoms with Crippen LogP contribution in [0.3, 0.4) is 0 Å². The van der Waals surface area contributed by atoms with Gasteiger partial charge in [-0.3, -0.25) is 0 Å². The molecule has 0 amide bonds. The monoisotopic (exact) mass is 293 g/mol. The van der Waals surface area contributed by atoms with Crippen molar-refractivity contribution in [2.75, 3.05) is 7.11 Å². The summed E-state index contributed by atoms with van der Waals surface area (Å²) >= 11 is 3.41. The maximum atomic E-state index is 5.73.